The highest BCUT2D eigenvalue weighted by atomic mass is 16.5. The summed E-state index contributed by atoms with van der Waals surface area (Å²) in [6, 6.07) is 9.29. The first kappa shape index (κ1) is 14.2. The molecule has 0 amide bonds. The summed E-state index contributed by atoms with van der Waals surface area (Å²) < 4.78 is 5.34. The molecule has 1 fully saturated rings. The minimum Gasteiger partial charge on any atom is -0.497 e. The summed E-state index contributed by atoms with van der Waals surface area (Å²) in [6.07, 6.45) is 1.02. The van der Waals surface area contributed by atoms with E-state index in [9.17, 15) is 0 Å². The fraction of sp³-hybridized carbons (Fsp3) is 0.600. The molecule has 4 nitrogen and oxygen atoms in total. The van der Waals surface area contributed by atoms with E-state index in [4.69, 9.17) is 10.5 Å². The van der Waals surface area contributed by atoms with E-state index < -0.39 is 0 Å². The number of hydrogen-bond acceptors (Lipinski definition) is 4. The van der Waals surface area contributed by atoms with Crippen LogP contribution in [-0.4, -0.2) is 50.8 Å². The summed E-state index contributed by atoms with van der Waals surface area (Å²) in [5.41, 5.74) is 7.01. The average Bonchev–Trinajstić information content (AvgIpc) is 2.38. The van der Waals surface area contributed by atoms with Crippen molar-refractivity contribution in [2.75, 3.05) is 38.7 Å². The Labute approximate surface area is 116 Å². The van der Waals surface area contributed by atoms with Crippen molar-refractivity contribution in [3.05, 3.63) is 24.3 Å². The third kappa shape index (κ3) is 3.19. The molecule has 1 aliphatic rings. The van der Waals surface area contributed by atoms with E-state index in [1.54, 1.807) is 7.11 Å². The van der Waals surface area contributed by atoms with Gasteiger partial charge in [-0.15, -0.1) is 0 Å². The number of anilines is 1. The molecule has 0 spiro atoms. The quantitative estimate of drug-likeness (QED) is 0.895. The van der Waals surface area contributed by atoms with Gasteiger partial charge in [-0.2, -0.15) is 0 Å². The largest absolute Gasteiger partial charge is 0.497 e. The minimum absolute atomic E-state index is 0.478. The zero-order valence-corrected chi connectivity index (χ0v) is 12.2. The smallest absolute Gasteiger partial charge is 0.120 e. The number of hydrogen-bond donors (Lipinski definition) is 1. The van der Waals surface area contributed by atoms with Crippen LogP contribution in [0.3, 0.4) is 0 Å². The normalized spacial score (nSPS) is 24.5. The van der Waals surface area contributed by atoms with Crippen molar-refractivity contribution in [3.63, 3.8) is 0 Å². The molecule has 0 aliphatic carbocycles. The third-order valence-electron chi connectivity index (χ3n) is 3.82. The van der Waals surface area contributed by atoms with E-state index in [-0.39, 0.29) is 0 Å². The van der Waals surface area contributed by atoms with Crippen LogP contribution < -0.4 is 15.4 Å². The second-order valence-electron chi connectivity index (χ2n) is 5.41. The number of ether oxygens (including phenoxy) is 1. The Bertz CT molecular complexity index is 410. The predicted octanol–water partition coefficient (Wildman–Crippen LogP) is 1.55. The van der Waals surface area contributed by atoms with Gasteiger partial charge in [0.15, 0.2) is 0 Å². The van der Waals surface area contributed by atoms with E-state index in [1.807, 2.05) is 6.07 Å². The molecule has 0 saturated carbocycles. The minimum atomic E-state index is 0.478. The predicted molar refractivity (Wildman–Crippen MR) is 79.9 cm³/mol. The van der Waals surface area contributed by atoms with Gasteiger partial charge in [-0.05, 0) is 39.1 Å². The highest BCUT2D eigenvalue weighted by Crippen LogP contribution is 2.28. The number of nitrogens with two attached hydrogens (primary N) is 1. The van der Waals surface area contributed by atoms with Crippen LogP contribution in [0.25, 0.3) is 0 Å². The average molecular weight is 263 g/mol. The molecule has 0 aromatic heterocycles. The van der Waals surface area contributed by atoms with Crippen LogP contribution in [-0.2, 0) is 0 Å². The van der Waals surface area contributed by atoms with E-state index in [1.165, 1.54) is 5.69 Å². The maximum atomic E-state index is 5.78. The molecule has 1 saturated heterocycles. The summed E-state index contributed by atoms with van der Waals surface area (Å²) >= 11 is 0. The zero-order chi connectivity index (χ0) is 13.8. The Kier molecular flexibility index (Phi) is 4.66. The molecule has 1 aliphatic heterocycles. The molecule has 2 atom stereocenters. The molecule has 2 unspecified atom stereocenters. The second kappa shape index (κ2) is 6.26. The number of benzene rings is 1. The Hall–Kier alpha value is -1.26. The molecule has 19 heavy (non-hydrogen) atoms. The first-order valence-electron chi connectivity index (χ1n) is 6.96. The summed E-state index contributed by atoms with van der Waals surface area (Å²) in [4.78, 5) is 4.89. The summed E-state index contributed by atoms with van der Waals surface area (Å²) in [5.74, 6) is 0.912. The molecule has 1 heterocycles. The van der Waals surface area contributed by atoms with Crippen molar-refractivity contribution in [1.29, 1.82) is 0 Å². The van der Waals surface area contributed by atoms with Gasteiger partial charge in [0.05, 0.1) is 7.11 Å². The van der Waals surface area contributed by atoms with Gasteiger partial charge in [-0.3, -0.25) is 0 Å². The molecule has 1 aromatic carbocycles. The molecule has 2 rings (SSSR count). The molecular formula is C15H25N3O. The van der Waals surface area contributed by atoms with Crippen LogP contribution in [0, 0.1) is 0 Å². The fourth-order valence-electron chi connectivity index (χ4n) is 3.08. The monoisotopic (exact) mass is 263 g/mol. The van der Waals surface area contributed by atoms with Crippen LogP contribution >= 0.6 is 0 Å². The van der Waals surface area contributed by atoms with Crippen LogP contribution in [0.1, 0.15) is 13.3 Å². The molecule has 0 bridgehead atoms. The van der Waals surface area contributed by atoms with Crippen molar-refractivity contribution in [2.45, 2.75) is 25.4 Å². The molecular weight excluding hydrogens is 238 g/mol. The summed E-state index contributed by atoms with van der Waals surface area (Å²) in [6.45, 7) is 5.15. The van der Waals surface area contributed by atoms with Gasteiger partial charge in [0, 0.05) is 36.9 Å². The van der Waals surface area contributed by atoms with Crippen LogP contribution in [0.4, 0.5) is 5.69 Å². The van der Waals surface area contributed by atoms with Gasteiger partial charge in [0.2, 0.25) is 0 Å². The van der Waals surface area contributed by atoms with Gasteiger partial charge >= 0.3 is 0 Å². The fourth-order valence-corrected chi connectivity index (χ4v) is 3.08. The van der Waals surface area contributed by atoms with E-state index in [2.05, 4.69) is 42.0 Å². The standard InChI is InChI=1S/C15H25N3O/c1-12-10-17(2)11-14(7-8-16)18(12)13-5-4-6-15(9-13)19-3/h4-6,9,12,14H,7-8,10-11,16H2,1-3H3. The van der Waals surface area contributed by atoms with Crippen LogP contribution in [0.15, 0.2) is 24.3 Å². The SMILES string of the molecule is COc1cccc(N2C(C)CN(C)CC2CCN)c1. The lowest BCUT2D eigenvalue weighted by Gasteiger charge is -2.46. The molecule has 4 heteroatoms. The highest BCUT2D eigenvalue weighted by Gasteiger charge is 2.30. The number of rotatable bonds is 4. The molecule has 1 aromatic rings. The van der Waals surface area contributed by atoms with Gasteiger partial charge in [0.25, 0.3) is 0 Å². The van der Waals surface area contributed by atoms with Gasteiger partial charge < -0.3 is 20.3 Å². The maximum absolute atomic E-state index is 5.78. The summed E-state index contributed by atoms with van der Waals surface area (Å²) in [7, 11) is 3.90. The Morgan fingerprint density at radius 1 is 1.37 bits per heavy atom. The van der Waals surface area contributed by atoms with Gasteiger partial charge in [0.1, 0.15) is 5.75 Å². The number of piperazine rings is 1. The zero-order valence-electron chi connectivity index (χ0n) is 12.2. The number of likely N-dealkylation sites (N-methyl/N-ethyl adjacent to an activating group) is 1. The lowest BCUT2D eigenvalue weighted by Crippen LogP contribution is -2.57. The van der Waals surface area contributed by atoms with Crippen molar-refractivity contribution >= 4 is 5.69 Å². The van der Waals surface area contributed by atoms with E-state index >= 15 is 0 Å². The third-order valence-corrected chi connectivity index (χ3v) is 3.82. The first-order chi connectivity index (χ1) is 9.15. The lowest BCUT2D eigenvalue weighted by atomic mass is 10.0. The van der Waals surface area contributed by atoms with Crippen molar-refractivity contribution in [1.82, 2.24) is 4.90 Å². The lowest BCUT2D eigenvalue weighted by molar-refractivity contribution is 0.227. The van der Waals surface area contributed by atoms with Crippen LogP contribution in [0.2, 0.25) is 0 Å². The first-order valence-corrected chi connectivity index (χ1v) is 6.96. The van der Waals surface area contributed by atoms with Crippen molar-refractivity contribution in [3.8, 4) is 5.75 Å². The van der Waals surface area contributed by atoms with Gasteiger partial charge in [-0.25, -0.2) is 0 Å². The Morgan fingerprint density at radius 3 is 2.84 bits per heavy atom. The number of methoxy groups -OCH3 is 1. The Balaban J connectivity index is 2.26. The molecule has 0 radical (unpaired) electrons. The molecule has 2 N–H and O–H groups in total. The van der Waals surface area contributed by atoms with E-state index in [0.717, 1.165) is 31.8 Å². The molecule has 106 valence electrons. The topological polar surface area (TPSA) is 41.7 Å². The van der Waals surface area contributed by atoms with Crippen LogP contribution in [0.5, 0.6) is 5.75 Å². The Morgan fingerprint density at radius 2 is 2.16 bits per heavy atom. The van der Waals surface area contributed by atoms with Gasteiger partial charge in [-0.1, -0.05) is 6.07 Å². The van der Waals surface area contributed by atoms with Crippen molar-refractivity contribution in [2.24, 2.45) is 5.73 Å². The maximum Gasteiger partial charge on any atom is 0.120 e. The highest BCUT2D eigenvalue weighted by molar-refractivity contribution is 5.53. The second-order valence-corrected chi connectivity index (χ2v) is 5.41. The summed E-state index contributed by atoms with van der Waals surface area (Å²) in [5, 5.41) is 0. The number of nitrogens with zero attached hydrogens (tertiary/aromatic N) is 2. The van der Waals surface area contributed by atoms with Crippen molar-refractivity contribution < 1.29 is 4.74 Å². The van der Waals surface area contributed by atoms with E-state index in [0.29, 0.717) is 12.1 Å².